The fraction of sp³-hybridized carbons (Fsp3) is 0.483. The molecule has 3 N–H and O–H groups in total. The molecule has 0 spiro atoms. The van der Waals surface area contributed by atoms with Crippen LogP contribution in [0.25, 0.3) is 10.8 Å². The Morgan fingerprint density at radius 2 is 1.88 bits per heavy atom. The van der Waals surface area contributed by atoms with Crippen molar-refractivity contribution in [3.8, 4) is 5.75 Å². The molecule has 1 aliphatic heterocycles. The van der Waals surface area contributed by atoms with Crippen LogP contribution in [0, 0.1) is 11.7 Å². The zero-order valence-electron chi connectivity index (χ0n) is 24.4. The molecule has 1 aromatic heterocycles. The summed E-state index contributed by atoms with van der Waals surface area (Å²) in [5.74, 6) is -1.45. The topological polar surface area (TPSA) is 158 Å². The van der Waals surface area contributed by atoms with E-state index in [-0.39, 0.29) is 24.7 Å². The van der Waals surface area contributed by atoms with E-state index >= 15 is 0 Å². The Kier molecular flexibility index (Phi) is 10.6. The molecule has 4 rings (SSSR count). The van der Waals surface area contributed by atoms with Gasteiger partial charge in [0.05, 0.1) is 25.0 Å². The van der Waals surface area contributed by atoms with E-state index in [9.17, 15) is 28.4 Å². The van der Waals surface area contributed by atoms with Crippen LogP contribution in [-0.2, 0) is 23.4 Å². The Morgan fingerprint density at radius 1 is 1.19 bits per heavy atom. The van der Waals surface area contributed by atoms with Crippen molar-refractivity contribution in [1.82, 2.24) is 14.6 Å². The highest BCUT2D eigenvalue weighted by Crippen LogP contribution is 2.49. The standard InChI is InChI=1S/C29H37FN3O9P/c1-5-19(6-2)16-39-28(36)17(3)32-43(38,42-24-13-9-11-20-10-7-8-12-21(20)24)41-18(4)26-23(34)14-25(40-26)33-15-22(30)27(35)31-29(33)37/h7-13,15,17-19,23,25-26,34H,5-6,14,16H2,1-4H3,(H,32,38)(H,31,35,37)/t17-,18+,23?,25+,26+,43+/m0/s1. The Hall–Kier alpha value is -3.35. The number of aromatic nitrogens is 2. The zero-order chi connectivity index (χ0) is 31.3. The molecule has 6 atom stereocenters. The van der Waals surface area contributed by atoms with E-state index in [1.54, 1.807) is 24.3 Å². The molecule has 0 aliphatic carbocycles. The third-order valence-electron chi connectivity index (χ3n) is 7.43. The highest BCUT2D eigenvalue weighted by atomic mass is 31.2. The summed E-state index contributed by atoms with van der Waals surface area (Å²) in [4.78, 5) is 38.4. The lowest BCUT2D eigenvalue weighted by Crippen LogP contribution is -2.39. The molecular formula is C29H37FN3O9P. The van der Waals surface area contributed by atoms with Gasteiger partial charge in [0.2, 0.25) is 5.82 Å². The van der Waals surface area contributed by atoms with Crippen LogP contribution in [0.1, 0.15) is 53.2 Å². The second-order valence-electron chi connectivity index (χ2n) is 10.5. The molecular weight excluding hydrogens is 584 g/mol. The average molecular weight is 622 g/mol. The SMILES string of the molecule is CCC(CC)COC(=O)[C@H](C)N[P@](=O)(Oc1cccc2ccccc12)O[C@H](C)[C@H]1O[C@@H](n2cc(F)c(=O)[nH]c2=O)CC1O. The lowest BCUT2D eigenvalue weighted by molar-refractivity contribution is -0.146. The van der Waals surface area contributed by atoms with E-state index < -0.39 is 61.4 Å². The van der Waals surface area contributed by atoms with Crippen LogP contribution in [0.2, 0.25) is 0 Å². The summed E-state index contributed by atoms with van der Waals surface area (Å²) in [5, 5.41) is 14.9. The molecule has 14 heteroatoms. The van der Waals surface area contributed by atoms with Crippen molar-refractivity contribution < 1.29 is 37.4 Å². The van der Waals surface area contributed by atoms with E-state index in [0.717, 1.165) is 22.8 Å². The first-order valence-corrected chi connectivity index (χ1v) is 15.7. The number of nitrogens with zero attached hydrogens (tertiary/aromatic N) is 1. The van der Waals surface area contributed by atoms with Crippen LogP contribution in [-0.4, -0.2) is 51.6 Å². The summed E-state index contributed by atoms with van der Waals surface area (Å²) < 4.78 is 52.1. The van der Waals surface area contributed by atoms with Crippen LogP contribution in [0.4, 0.5) is 4.39 Å². The molecule has 1 fully saturated rings. The maximum absolute atomic E-state index is 14.3. The first-order chi connectivity index (χ1) is 20.4. The summed E-state index contributed by atoms with van der Waals surface area (Å²) in [7, 11) is -4.39. The molecule has 1 aliphatic rings. The Bertz CT molecular complexity index is 1590. The quantitative estimate of drug-likeness (QED) is 0.188. The molecule has 12 nitrogen and oxygen atoms in total. The minimum atomic E-state index is -4.39. The predicted octanol–water partition coefficient (Wildman–Crippen LogP) is 4.03. The number of esters is 1. The number of aromatic amines is 1. The number of fused-ring (bicyclic) bond motifs is 1. The van der Waals surface area contributed by atoms with E-state index in [1.807, 2.05) is 37.0 Å². The van der Waals surface area contributed by atoms with E-state index in [4.69, 9.17) is 18.5 Å². The molecule has 1 saturated heterocycles. The van der Waals surface area contributed by atoms with Crippen LogP contribution in [0.3, 0.4) is 0 Å². The molecule has 3 aromatic rings. The third-order valence-corrected chi connectivity index (χ3v) is 9.18. The van der Waals surface area contributed by atoms with Gasteiger partial charge in [-0.1, -0.05) is 63.1 Å². The number of ether oxygens (including phenoxy) is 2. The highest BCUT2D eigenvalue weighted by Gasteiger charge is 2.44. The monoisotopic (exact) mass is 621 g/mol. The van der Waals surface area contributed by atoms with Gasteiger partial charge in [0, 0.05) is 11.8 Å². The van der Waals surface area contributed by atoms with Gasteiger partial charge in [-0.25, -0.2) is 9.36 Å². The number of benzene rings is 2. The number of aliphatic hydroxyl groups is 1. The van der Waals surface area contributed by atoms with Crippen molar-refractivity contribution in [2.75, 3.05) is 6.61 Å². The summed E-state index contributed by atoms with van der Waals surface area (Å²) in [6.45, 7) is 7.15. The number of H-pyrrole nitrogens is 1. The van der Waals surface area contributed by atoms with Crippen molar-refractivity contribution >= 4 is 24.5 Å². The lowest BCUT2D eigenvalue weighted by Gasteiger charge is -2.29. The predicted molar refractivity (Wildman–Crippen MR) is 156 cm³/mol. The van der Waals surface area contributed by atoms with Crippen LogP contribution in [0.5, 0.6) is 5.75 Å². The number of carbonyl (C=O) groups is 1. The summed E-state index contributed by atoms with van der Waals surface area (Å²) in [5.41, 5.74) is -2.11. The van der Waals surface area contributed by atoms with Gasteiger partial charge < -0.3 is 19.1 Å². The molecule has 43 heavy (non-hydrogen) atoms. The van der Waals surface area contributed by atoms with Gasteiger partial charge in [-0.05, 0) is 31.2 Å². The maximum atomic E-state index is 14.3. The lowest BCUT2D eigenvalue weighted by atomic mass is 10.1. The van der Waals surface area contributed by atoms with Crippen molar-refractivity contribution in [3.63, 3.8) is 0 Å². The Labute approximate surface area is 247 Å². The fourth-order valence-corrected chi connectivity index (χ4v) is 6.56. The molecule has 0 amide bonds. The Balaban J connectivity index is 1.57. The molecule has 0 radical (unpaired) electrons. The fourth-order valence-electron chi connectivity index (χ4n) is 4.85. The summed E-state index contributed by atoms with van der Waals surface area (Å²) in [6, 6.07) is 11.3. The van der Waals surface area contributed by atoms with Crippen molar-refractivity contribution in [2.24, 2.45) is 5.92 Å². The van der Waals surface area contributed by atoms with Gasteiger partial charge in [-0.15, -0.1) is 0 Å². The highest BCUT2D eigenvalue weighted by molar-refractivity contribution is 7.52. The minimum absolute atomic E-state index is 0.148. The van der Waals surface area contributed by atoms with E-state index in [2.05, 4.69) is 5.09 Å². The van der Waals surface area contributed by atoms with Gasteiger partial charge in [0.15, 0.2) is 0 Å². The first-order valence-electron chi connectivity index (χ1n) is 14.2. The molecule has 0 bridgehead atoms. The second kappa shape index (κ2) is 14.0. The summed E-state index contributed by atoms with van der Waals surface area (Å²) >= 11 is 0. The number of nitrogens with one attached hydrogen (secondary N) is 2. The van der Waals surface area contributed by atoms with Crippen molar-refractivity contribution in [1.29, 1.82) is 0 Å². The van der Waals surface area contributed by atoms with Crippen molar-refractivity contribution in [2.45, 2.75) is 77.5 Å². The number of rotatable bonds is 13. The van der Waals surface area contributed by atoms with Crippen LogP contribution >= 0.6 is 7.75 Å². The van der Waals surface area contributed by atoms with Crippen molar-refractivity contribution in [3.05, 3.63) is 75.3 Å². The first kappa shape index (κ1) is 32.6. The zero-order valence-corrected chi connectivity index (χ0v) is 25.3. The largest absolute Gasteiger partial charge is 0.464 e. The normalized spacial score (nSPS) is 21.4. The maximum Gasteiger partial charge on any atom is 0.459 e. The van der Waals surface area contributed by atoms with Gasteiger partial charge in [-0.2, -0.15) is 9.48 Å². The third kappa shape index (κ3) is 7.79. The number of halogens is 1. The van der Waals surface area contributed by atoms with Crippen LogP contribution < -0.4 is 20.9 Å². The van der Waals surface area contributed by atoms with Gasteiger partial charge >= 0.3 is 19.4 Å². The van der Waals surface area contributed by atoms with Gasteiger partial charge in [0.1, 0.15) is 24.1 Å². The molecule has 234 valence electrons. The minimum Gasteiger partial charge on any atom is -0.464 e. The van der Waals surface area contributed by atoms with Gasteiger partial charge in [-0.3, -0.25) is 23.7 Å². The number of hydrogen-bond acceptors (Lipinski definition) is 9. The summed E-state index contributed by atoms with van der Waals surface area (Å²) in [6.07, 6.45) is -2.43. The molecule has 2 aromatic carbocycles. The van der Waals surface area contributed by atoms with Gasteiger partial charge in [0.25, 0.3) is 5.56 Å². The number of hydrogen-bond donors (Lipinski definition) is 3. The average Bonchev–Trinajstić information content (AvgIpc) is 3.36. The number of aliphatic hydroxyl groups excluding tert-OH is 1. The molecule has 1 unspecified atom stereocenters. The smallest absolute Gasteiger partial charge is 0.459 e. The van der Waals surface area contributed by atoms with E-state index in [1.165, 1.54) is 13.8 Å². The second-order valence-corrected chi connectivity index (χ2v) is 12.2. The van der Waals surface area contributed by atoms with Crippen LogP contribution in [0.15, 0.2) is 58.3 Å². The molecule has 2 heterocycles. The Morgan fingerprint density at radius 3 is 2.60 bits per heavy atom. The molecule has 0 saturated carbocycles. The van der Waals surface area contributed by atoms with E-state index in [0.29, 0.717) is 11.6 Å². The number of carbonyl (C=O) groups excluding carboxylic acids is 1.